The summed E-state index contributed by atoms with van der Waals surface area (Å²) in [6.07, 6.45) is 2.03. The molecule has 2 aliphatic heterocycles. The van der Waals surface area contributed by atoms with E-state index in [-0.39, 0.29) is 22.6 Å². The van der Waals surface area contributed by atoms with E-state index in [9.17, 15) is 13.2 Å². The van der Waals surface area contributed by atoms with E-state index in [4.69, 9.17) is 0 Å². The van der Waals surface area contributed by atoms with Crippen molar-refractivity contribution in [3.8, 4) is 0 Å². The number of hydrogen-bond acceptors (Lipinski definition) is 4. The molecule has 1 amide bonds. The first-order valence-corrected chi connectivity index (χ1v) is 9.37. The molecule has 7 heteroatoms. The molecule has 0 saturated carbocycles. The van der Waals surface area contributed by atoms with Crippen LogP contribution in [0, 0.1) is 5.92 Å². The highest BCUT2D eigenvalue weighted by Crippen LogP contribution is 2.24. The molecule has 1 fully saturated rings. The third-order valence-corrected chi connectivity index (χ3v) is 5.63. The van der Waals surface area contributed by atoms with Crippen molar-refractivity contribution in [1.29, 1.82) is 0 Å². The predicted molar refractivity (Wildman–Crippen MR) is 87.7 cm³/mol. The van der Waals surface area contributed by atoms with Crippen molar-refractivity contribution < 1.29 is 13.2 Å². The number of nitrogens with one attached hydrogen (secondary N) is 1. The smallest absolute Gasteiger partial charge is 0.263 e. The van der Waals surface area contributed by atoms with Gasteiger partial charge in [0.05, 0.1) is 4.90 Å². The Morgan fingerprint density at radius 1 is 1.22 bits per heavy atom. The summed E-state index contributed by atoms with van der Waals surface area (Å²) in [4.78, 5) is 19.2. The van der Waals surface area contributed by atoms with Crippen molar-refractivity contribution in [2.45, 2.75) is 37.6 Å². The average molecular weight is 335 g/mol. The van der Waals surface area contributed by atoms with E-state index in [1.54, 1.807) is 24.3 Å². The molecule has 0 unspecified atom stereocenters. The zero-order valence-electron chi connectivity index (χ0n) is 13.3. The minimum absolute atomic E-state index is 0.00661. The van der Waals surface area contributed by atoms with Crippen LogP contribution >= 0.6 is 0 Å². The predicted octanol–water partition coefficient (Wildman–Crippen LogP) is 1.37. The summed E-state index contributed by atoms with van der Waals surface area (Å²) in [7, 11) is -3.58. The molecule has 0 spiro atoms. The van der Waals surface area contributed by atoms with Crippen LogP contribution in [-0.2, 0) is 14.8 Å². The summed E-state index contributed by atoms with van der Waals surface area (Å²) in [6, 6.07) is 6.13. The highest BCUT2D eigenvalue weighted by atomic mass is 32.2. The van der Waals surface area contributed by atoms with Gasteiger partial charge in [0.15, 0.2) is 0 Å². The van der Waals surface area contributed by atoms with Gasteiger partial charge in [-0.15, -0.1) is 0 Å². The maximum Gasteiger partial charge on any atom is 0.263 e. The molecule has 0 radical (unpaired) electrons. The molecule has 1 atom stereocenters. The van der Waals surface area contributed by atoms with Crippen LogP contribution in [0.4, 0.5) is 0 Å². The van der Waals surface area contributed by atoms with Crippen LogP contribution < -0.4 is 4.72 Å². The fourth-order valence-electron chi connectivity index (χ4n) is 2.98. The highest BCUT2D eigenvalue weighted by molar-refractivity contribution is 7.90. The van der Waals surface area contributed by atoms with Gasteiger partial charge in [-0.2, -0.15) is 0 Å². The van der Waals surface area contributed by atoms with Gasteiger partial charge in [0.2, 0.25) is 5.91 Å². The number of sulfonamides is 1. The summed E-state index contributed by atoms with van der Waals surface area (Å²) in [5.41, 5.74) is 0.535. The molecule has 1 N–H and O–H groups in total. The summed E-state index contributed by atoms with van der Waals surface area (Å²) in [5, 5.41) is 0. The molecule has 23 heavy (non-hydrogen) atoms. The van der Waals surface area contributed by atoms with Gasteiger partial charge >= 0.3 is 0 Å². The van der Waals surface area contributed by atoms with E-state index in [0.717, 1.165) is 25.9 Å². The Hall–Kier alpha value is -1.89. The van der Waals surface area contributed by atoms with Gasteiger partial charge in [0, 0.05) is 18.7 Å². The monoisotopic (exact) mass is 335 g/mol. The van der Waals surface area contributed by atoms with Crippen molar-refractivity contribution in [3.63, 3.8) is 0 Å². The largest absolute Gasteiger partial charge is 0.341 e. The van der Waals surface area contributed by atoms with Gasteiger partial charge in [-0.1, -0.05) is 26.0 Å². The fourth-order valence-corrected chi connectivity index (χ4v) is 4.22. The molecule has 1 aromatic rings. The number of amidine groups is 1. The summed E-state index contributed by atoms with van der Waals surface area (Å²) in [5.74, 6) is 0.244. The Balaban J connectivity index is 1.97. The third kappa shape index (κ3) is 2.97. The van der Waals surface area contributed by atoms with Crippen LogP contribution in [0.5, 0.6) is 0 Å². The maximum atomic E-state index is 12.7. The number of aliphatic imine (C=N–C) groups is 1. The lowest BCUT2D eigenvalue weighted by Crippen LogP contribution is -2.40. The molecule has 2 aliphatic rings. The molecular weight excluding hydrogens is 314 g/mol. The molecule has 2 heterocycles. The van der Waals surface area contributed by atoms with Crippen molar-refractivity contribution in [3.05, 3.63) is 29.8 Å². The average Bonchev–Trinajstić information content (AvgIpc) is 3.12. The number of fused-ring (bicyclic) bond motifs is 1. The van der Waals surface area contributed by atoms with Crippen LogP contribution in [0.25, 0.3) is 0 Å². The first-order valence-electron chi connectivity index (χ1n) is 7.89. The van der Waals surface area contributed by atoms with Gasteiger partial charge in [-0.05, 0) is 30.9 Å². The summed E-state index contributed by atoms with van der Waals surface area (Å²) < 4.78 is 26.8. The van der Waals surface area contributed by atoms with E-state index in [1.807, 2.05) is 18.7 Å². The number of likely N-dealkylation sites (tertiary alicyclic amines) is 1. The van der Waals surface area contributed by atoms with Crippen molar-refractivity contribution in [1.82, 2.24) is 9.62 Å². The Labute approximate surface area is 136 Å². The Morgan fingerprint density at radius 3 is 2.52 bits per heavy atom. The van der Waals surface area contributed by atoms with Gasteiger partial charge in [-0.3, -0.25) is 14.5 Å². The van der Waals surface area contributed by atoms with E-state index in [0.29, 0.717) is 5.56 Å². The summed E-state index contributed by atoms with van der Waals surface area (Å²) >= 11 is 0. The topological polar surface area (TPSA) is 78.8 Å². The van der Waals surface area contributed by atoms with Crippen molar-refractivity contribution in [2.75, 3.05) is 13.1 Å². The van der Waals surface area contributed by atoms with E-state index in [1.165, 1.54) is 0 Å². The number of carbonyl (C=O) groups excluding carboxylic acids is 1. The number of amides is 1. The molecule has 3 rings (SSSR count). The lowest BCUT2D eigenvalue weighted by Gasteiger charge is -2.23. The number of rotatable bonds is 3. The van der Waals surface area contributed by atoms with Crippen molar-refractivity contribution in [2.24, 2.45) is 10.9 Å². The molecular formula is C16H21N3O3S. The Bertz CT molecular complexity index is 750. The first-order chi connectivity index (χ1) is 10.9. The van der Waals surface area contributed by atoms with E-state index >= 15 is 0 Å². The molecule has 0 aromatic heterocycles. The molecule has 0 aliphatic carbocycles. The molecule has 124 valence electrons. The van der Waals surface area contributed by atoms with Crippen LogP contribution in [0.2, 0.25) is 0 Å². The normalized spacial score (nSPS) is 22.2. The minimum atomic E-state index is -3.58. The number of carbonyl (C=O) groups is 1. The van der Waals surface area contributed by atoms with Crippen molar-refractivity contribution >= 4 is 21.8 Å². The lowest BCUT2D eigenvalue weighted by atomic mass is 10.0. The standard InChI is InChI=1S/C16H21N3O3S/c1-11(2)14(16(20)19-9-5-6-10-19)17-15-12-7-3-4-8-13(12)23(21,22)18-15/h3-4,7-8,11,14H,5-6,9-10H2,1-2H3,(H,17,18)/t14-/m0/s1. The van der Waals surface area contributed by atoms with Crippen LogP contribution in [-0.4, -0.2) is 44.2 Å². The number of nitrogens with zero attached hydrogens (tertiary/aromatic N) is 2. The zero-order chi connectivity index (χ0) is 16.6. The van der Waals surface area contributed by atoms with Gasteiger partial charge in [0.25, 0.3) is 10.0 Å². The van der Waals surface area contributed by atoms with E-state index in [2.05, 4.69) is 9.71 Å². The van der Waals surface area contributed by atoms with Crippen LogP contribution in [0.3, 0.4) is 0 Å². The highest BCUT2D eigenvalue weighted by Gasteiger charge is 2.34. The second-order valence-electron chi connectivity index (χ2n) is 6.30. The Morgan fingerprint density at radius 2 is 1.87 bits per heavy atom. The van der Waals surface area contributed by atoms with E-state index < -0.39 is 16.1 Å². The van der Waals surface area contributed by atoms with Gasteiger partial charge in [0.1, 0.15) is 11.9 Å². The first kappa shape index (κ1) is 16.0. The van der Waals surface area contributed by atoms with Gasteiger partial charge in [-0.25, -0.2) is 8.42 Å². The van der Waals surface area contributed by atoms with Crippen LogP contribution in [0.1, 0.15) is 32.3 Å². The molecule has 0 bridgehead atoms. The second-order valence-corrected chi connectivity index (χ2v) is 7.95. The fraction of sp³-hybridized carbons (Fsp3) is 0.500. The second kappa shape index (κ2) is 5.96. The maximum absolute atomic E-state index is 12.7. The quantitative estimate of drug-likeness (QED) is 0.906. The molecule has 1 saturated heterocycles. The SMILES string of the molecule is CC(C)[C@H](N=C1NS(=O)(=O)c2ccccc21)C(=O)N1CCCC1. The number of benzene rings is 1. The van der Waals surface area contributed by atoms with Gasteiger partial charge < -0.3 is 4.90 Å². The molecule has 6 nitrogen and oxygen atoms in total. The van der Waals surface area contributed by atoms with Crippen LogP contribution in [0.15, 0.2) is 34.2 Å². The minimum Gasteiger partial charge on any atom is -0.341 e. The lowest BCUT2D eigenvalue weighted by molar-refractivity contribution is -0.132. The summed E-state index contributed by atoms with van der Waals surface area (Å²) in [6.45, 7) is 5.38. The molecule has 1 aromatic carbocycles. The third-order valence-electron chi connectivity index (χ3n) is 4.23. The Kier molecular flexibility index (Phi) is 4.14. The zero-order valence-corrected chi connectivity index (χ0v) is 14.1. The number of hydrogen-bond donors (Lipinski definition) is 1.